The Balaban J connectivity index is 2.23. The highest BCUT2D eigenvalue weighted by Gasteiger charge is 2.27. The summed E-state index contributed by atoms with van der Waals surface area (Å²) in [6.07, 6.45) is 3.79. The van der Waals surface area contributed by atoms with E-state index in [0.717, 1.165) is 25.7 Å². The van der Waals surface area contributed by atoms with E-state index < -0.39 is 10.8 Å². The van der Waals surface area contributed by atoms with E-state index in [2.05, 4.69) is 5.32 Å². The second kappa shape index (κ2) is 6.00. The Morgan fingerprint density at radius 2 is 2.10 bits per heavy atom. The van der Waals surface area contributed by atoms with Gasteiger partial charge in [0, 0.05) is 18.2 Å². The van der Waals surface area contributed by atoms with E-state index in [1.807, 2.05) is 0 Å². The first-order valence-corrected chi connectivity index (χ1v) is 6.81. The molecule has 2 rings (SSSR count). The topological polar surface area (TPSA) is 98.3 Å². The fourth-order valence-electron chi connectivity index (χ4n) is 2.68. The first-order valence-electron chi connectivity index (χ1n) is 6.81. The van der Waals surface area contributed by atoms with E-state index in [1.165, 1.54) is 6.07 Å². The molecule has 1 aliphatic carbocycles. The zero-order chi connectivity index (χ0) is 14.7. The molecule has 0 heterocycles. The number of nitro benzene ring substituents is 1. The molecule has 1 saturated carbocycles. The number of carbonyl (C=O) groups is 1. The zero-order valence-electron chi connectivity index (χ0n) is 11.5. The van der Waals surface area contributed by atoms with Crippen molar-refractivity contribution in [2.45, 2.75) is 44.7 Å². The number of nitrogens with two attached hydrogens (primary N) is 1. The second-order valence-corrected chi connectivity index (χ2v) is 5.25. The Hall–Kier alpha value is -1.95. The molecule has 3 N–H and O–H groups in total. The lowest BCUT2D eigenvalue weighted by molar-refractivity contribution is -0.385. The summed E-state index contributed by atoms with van der Waals surface area (Å²) in [7, 11) is 0. The molecule has 1 aromatic rings. The van der Waals surface area contributed by atoms with Gasteiger partial charge in [-0.15, -0.1) is 0 Å². The van der Waals surface area contributed by atoms with Gasteiger partial charge in [-0.1, -0.05) is 25.0 Å². The Labute approximate surface area is 117 Å². The molecule has 0 radical (unpaired) electrons. The minimum absolute atomic E-state index is 0.0734. The van der Waals surface area contributed by atoms with Crippen LogP contribution in [-0.2, 0) is 0 Å². The number of carbonyl (C=O) groups excluding carboxylic acids is 1. The number of rotatable bonds is 3. The van der Waals surface area contributed by atoms with Crippen molar-refractivity contribution in [3.63, 3.8) is 0 Å². The highest BCUT2D eigenvalue weighted by molar-refractivity contribution is 5.99. The Morgan fingerprint density at radius 3 is 2.75 bits per heavy atom. The second-order valence-electron chi connectivity index (χ2n) is 5.25. The quantitative estimate of drug-likeness (QED) is 0.651. The standard InChI is InChI=1S/C14H19N3O3/c1-9-5-4-8-12(17(19)20)13(9)14(18)16-11-7-3-2-6-10(11)15/h4-5,8,10-11H,2-3,6-7,15H2,1H3,(H,16,18)/t10-,11-/m1/s1. The van der Waals surface area contributed by atoms with Gasteiger partial charge in [0.25, 0.3) is 11.6 Å². The highest BCUT2D eigenvalue weighted by Crippen LogP contribution is 2.23. The predicted molar refractivity (Wildman–Crippen MR) is 75.5 cm³/mol. The summed E-state index contributed by atoms with van der Waals surface area (Å²) in [6, 6.07) is 4.45. The number of hydrogen-bond donors (Lipinski definition) is 2. The van der Waals surface area contributed by atoms with Crippen LogP contribution in [0.1, 0.15) is 41.6 Å². The summed E-state index contributed by atoms with van der Waals surface area (Å²) in [5, 5.41) is 13.9. The molecule has 1 aliphatic rings. The van der Waals surface area contributed by atoms with Gasteiger partial charge in [0.2, 0.25) is 0 Å². The monoisotopic (exact) mass is 277 g/mol. The van der Waals surface area contributed by atoms with Crippen LogP contribution >= 0.6 is 0 Å². The van der Waals surface area contributed by atoms with Crippen molar-refractivity contribution in [2.24, 2.45) is 5.73 Å². The van der Waals surface area contributed by atoms with Crippen LogP contribution in [0.5, 0.6) is 0 Å². The van der Waals surface area contributed by atoms with Crippen LogP contribution in [0.2, 0.25) is 0 Å². The molecule has 1 aromatic carbocycles. The third-order valence-electron chi connectivity index (χ3n) is 3.81. The first kappa shape index (κ1) is 14.5. The van der Waals surface area contributed by atoms with Gasteiger partial charge < -0.3 is 11.1 Å². The lowest BCUT2D eigenvalue weighted by Gasteiger charge is -2.29. The Bertz CT molecular complexity index is 530. The molecule has 0 saturated heterocycles. The average Bonchev–Trinajstić information content (AvgIpc) is 2.40. The maximum Gasteiger partial charge on any atom is 0.282 e. The predicted octanol–water partition coefficient (Wildman–Crippen LogP) is 1.90. The van der Waals surface area contributed by atoms with Gasteiger partial charge in [0.15, 0.2) is 0 Å². The lowest BCUT2D eigenvalue weighted by Crippen LogP contribution is -2.49. The fourth-order valence-corrected chi connectivity index (χ4v) is 2.68. The summed E-state index contributed by atoms with van der Waals surface area (Å²) in [5.74, 6) is -0.405. The number of hydrogen-bond acceptors (Lipinski definition) is 4. The number of nitrogens with zero attached hydrogens (tertiary/aromatic N) is 1. The SMILES string of the molecule is Cc1cccc([N+](=O)[O-])c1C(=O)N[C@@H]1CCCC[C@H]1N. The van der Waals surface area contributed by atoms with Gasteiger partial charge >= 0.3 is 0 Å². The van der Waals surface area contributed by atoms with Crippen molar-refractivity contribution in [1.29, 1.82) is 0 Å². The van der Waals surface area contributed by atoms with E-state index in [0.29, 0.717) is 5.56 Å². The molecule has 0 aliphatic heterocycles. The molecule has 1 fully saturated rings. The molecule has 2 atom stereocenters. The summed E-state index contributed by atoms with van der Waals surface area (Å²) in [5.41, 5.74) is 6.57. The first-order chi connectivity index (χ1) is 9.50. The largest absolute Gasteiger partial charge is 0.348 e. The van der Waals surface area contributed by atoms with Gasteiger partial charge in [0.1, 0.15) is 5.56 Å². The van der Waals surface area contributed by atoms with Crippen molar-refractivity contribution >= 4 is 11.6 Å². The molecule has 1 amide bonds. The normalized spacial score (nSPS) is 22.3. The van der Waals surface area contributed by atoms with E-state index in [9.17, 15) is 14.9 Å². The summed E-state index contributed by atoms with van der Waals surface area (Å²) in [6.45, 7) is 1.70. The minimum Gasteiger partial charge on any atom is -0.348 e. The molecule has 0 aromatic heterocycles. The minimum atomic E-state index is -0.525. The molecule has 20 heavy (non-hydrogen) atoms. The Morgan fingerprint density at radius 1 is 1.40 bits per heavy atom. The highest BCUT2D eigenvalue weighted by atomic mass is 16.6. The average molecular weight is 277 g/mol. The molecule has 108 valence electrons. The van der Waals surface area contributed by atoms with Crippen LogP contribution in [-0.4, -0.2) is 22.9 Å². The zero-order valence-corrected chi connectivity index (χ0v) is 11.5. The van der Waals surface area contributed by atoms with Crippen LogP contribution in [0.3, 0.4) is 0 Å². The molecular formula is C14H19N3O3. The lowest BCUT2D eigenvalue weighted by atomic mass is 9.90. The molecule has 0 bridgehead atoms. The van der Waals surface area contributed by atoms with Crippen molar-refractivity contribution in [2.75, 3.05) is 0 Å². The van der Waals surface area contributed by atoms with Crippen LogP contribution in [0.15, 0.2) is 18.2 Å². The maximum atomic E-state index is 12.3. The van der Waals surface area contributed by atoms with Crippen LogP contribution < -0.4 is 11.1 Å². The van der Waals surface area contributed by atoms with Crippen molar-refractivity contribution in [3.05, 3.63) is 39.4 Å². The number of benzene rings is 1. The van der Waals surface area contributed by atoms with Gasteiger partial charge in [-0.05, 0) is 25.3 Å². The summed E-state index contributed by atoms with van der Waals surface area (Å²) >= 11 is 0. The van der Waals surface area contributed by atoms with Gasteiger partial charge in [-0.3, -0.25) is 14.9 Å². The van der Waals surface area contributed by atoms with Gasteiger partial charge in [-0.2, -0.15) is 0 Å². The van der Waals surface area contributed by atoms with Crippen molar-refractivity contribution < 1.29 is 9.72 Å². The number of nitro groups is 1. The smallest absolute Gasteiger partial charge is 0.282 e. The molecule has 6 heteroatoms. The fraction of sp³-hybridized carbons (Fsp3) is 0.500. The van der Waals surface area contributed by atoms with Crippen LogP contribution in [0, 0.1) is 17.0 Å². The molecule has 0 unspecified atom stereocenters. The van der Waals surface area contributed by atoms with Crippen LogP contribution in [0.4, 0.5) is 5.69 Å². The third-order valence-corrected chi connectivity index (χ3v) is 3.81. The third kappa shape index (κ3) is 2.96. The van der Waals surface area contributed by atoms with Crippen molar-refractivity contribution in [1.82, 2.24) is 5.32 Å². The number of amides is 1. The van der Waals surface area contributed by atoms with E-state index in [-0.39, 0.29) is 23.3 Å². The Kier molecular flexibility index (Phi) is 4.34. The van der Waals surface area contributed by atoms with Gasteiger partial charge in [-0.25, -0.2) is 0 Å². The van der Waals surface area contributed by atoms with Gasteiger partial charge in [0.05, 0.1) is 4.92 Å². The van der Waals surface area contributed by atoms with E-state index >= 15 is 0 Å². The van der Waals surface area contributed by atoms with Crippen molar-refractivity contribution in [3.8, 4) is 0 Å². The molecular weight excluding hydrogens is 258 g/mol. The van der Waals surface area contributed by atoms with E-state index in [1.54, 1.807) is 19.1 Å². The van der Waals surface area contributed by atoms with Crippen LogP contribution in [0.25, 0.3) is 0 Å². The number of aryl methyl sites for hydroxylation is 1. The molecule has 6 nitrogen and oxygen atoms in total. The summed E-state index contributed by atoms with van der Waals surface area (Å²) < 4.78 is 0. The molecule has 0 spiro atoms. The maximum absolute atomic E-state index is 12.3. The number of nitrogens with one attached hydrogen (secondary N) is 1. The summed E-state index contributed by atoms with van der Waals surface area (Å²) in [4.78, 5) is 22.8. The van der Waals surface area contributed by atoms with E-state index in [4.69, 9.17) is 5.73 Å².